The van der Waals surface area contributed by atoms with Crippen LogP contribution in [-0.2, 0) is 23.9 Å². The summed E-state index contributed by atoms with van der Waals surface area (Å²) in [4.78, 5) is 36.5. The lowest BCUT2D eigenvalue weighted by Crippen LogP contribution is -2.45. The molecule has 3 heterocycles. The van der Waals surface area contributed by atoms with Crippen molar-refractivity contribution in [3.8, 4) is 0 Å². The predicted molar refractivity (Wildman–Crippen MR) is 120 cm³/mol. The minimum Gasteiger partial charge on any atom is -0.475 e. The van der Waals surface area contributed by atoms with Crippen LogP contribution in [0.5, 0.6) is 0 Å². The van der Waals surface area contributed by atoms with Gasteiger partial charge in [-0.05, 0) is 46.2 Å². The van der Waals surface area contributed by atoms with Crippen molar-refractivity contribution >= 4 is 17.8 Å². The highest BCUT2D eigenvalue weighted by molar-refractivity contribution is 5.77. The second kappa shape index (κ2) is 15.4. The van der Waals surface area contributed by atoms with E-state index in [9.17, 15) is 31.1 Å². The second-order valence-electron chi connectivity index (χ2n) is 9.28. The van der Waals surface area contributed by atoms with Gasteiger partial charge < -0.3 is 29.5 Å². The number of fused-ring (bicyclic) bond motifs is 1. The molecule has 3 atom stereocenters. The molecule has 0 bridgehead atoms. The highest BCUT2D eigenvalue weighted by atomic mass is 19.4. The first-order valence-electron chi connectivity index (χ1n) is 12.0. The molecule has 0 aromatic carbocycles. The van der Waals surface area contributed by atoms with Gasteiger partial charge in [-0.25, -0.2) is 9.59 Å². The Morgan fingerprint density at radius 1 is 0.921 bits per heavy atom. The fourth-order valence-electron chi connectivity index (χ4n) is 4.15. The van der Waals surface area contributed by atoms with Crippen molar-refractivity contribution in [2.24, 2.45) is 0 Å². The molecule has 0 saturated carbocycles. The summed E-state index contributed by atoms with van der Waals surface area (Å²) in [6, 6.07) is 0.576. The normalized spacial score (nSPS) is 23.7. The van der Waals surface area contributed by atoms with Crippen LogP contribution in [0.15, 0.2) is 0 Å². The van der Waals surface area contributed by atoms with Crippen molar-refractivity contribution in [1.82, 2.24) is 14.7 Å². The molecule has 3 aliphatic heterocycles. The third-order valence-corrected chi connectivity index (χ3v) is 6.06. The quantitative estimate of drug-likeness (QED) is 0.446. The zero-order chi connectivity index (χ0) is 29.1. The van der Waals surface area contributed by atoms with E-state index in [4.69, 9.17) is 29.3 Å². The highest BCUT2D eigenvalue weighted by Crippen LogP contribution is 2.31. The van der Waals surface area contributed by atoms with Gasteiger partial charge in [0.05, 0.1) is 18.8 Å². The molecule has 0 unspecified atom stereocenters. The van der Waals surface area contributed by atoms with Crippen LogP contribution in [0.3, 0.4) is 0 Å². The number of rotatable bonds is 7. The van der Waals surface area contributed by atoms with E-state index in [1.807, 2.05) is 4.90 Å². The van der Waals surface area contributed by atoms with E-state index < -0.39 is 24.3 Å². The standard InChI is InChI=1S/C18H33N3O3.2C2HF3O2/c1-19(2)11-12-20-10-7-17-16(20)6-5-15(24-17)13-23-14-18(22)21-8-3-4-9-21;2*3-2(4,5)1(6)7/h15-17H,3-14H2,1-2H3;2*(H,6,7)/t15-,16+,17+;;/m1../s1. The maximum Gasteiger partial charge on any atom is 0.490 e. The molecule has 0 spiro atoms. The zero-order valence-corrected chi connectivity index (χ0v) is 21.3. The van der Waals surface area contributed by atoms with Gasteiger partial charge in [0.1, 0.15) is 6.61 Å². The molecule has 3 rings (SSSR count). The lowest BCUT2D eigenvalue weighted by atomic mass is 9.99. The zero-order valence-electron chi connectivity index (χ0n) is 21.3. The molecule has 0 radical (unpaired) electrons. The fourth-order valence-corrected chi connectivity index (χ4v) is 4.15. The van der Waals surface area contributed by atoms with Crippen LogP contribution in [0, 0.1) is 0 Å². The lowest BCUT2D eigenvalue weighted by molar-refractivity contribution is -0.193. The third kappa shape index (κ3) is 12.6. The van der Waals surface area contributed by atoms with Crippen LogP contribution in [0.2, 0.25) is 0 Å². The van der Waals surface area contributed by atoms with Gasteiger partial charge in [-0.1, -0.05) is 0 Å². The molecule has 1 amide bonds. The Hall–Kier alpha value is -2.17. The Kier molecular flexibility index (Phi) is 13.7. The van der Waals surface area contributed by atoms with Crippen LogP contribution >= 0.6 is 0 Å². The van der Waals surface area contributed by atoms with Crippen LogP contribution in [0.1, 0.15) is 32.1 Å². The summed E-state index contributed by atoms with van der Waals surface area (Å²) >= 11 is 0. The number of likely N-dealkylation sites (tertiary alicyclic amines) is 2. The number of carboxylic acid groups (broad SMARTS) is 2. The molecule has 10 nitrogen and oxygen atoms in total. The number of carboxylic acids is 2. The Labute approximate surface area is 216 Å². The second-order valence-corrected chi connectivity index (χ2v) is 9.28. The molecule has 0 aliphatic carbocycles. The maximum absolute atomic E-state index is 12.0. The number of ether oxygens (including phenoxy) is 2. The van der Waals surface area contributed by atoms with Gasteiger partial charge in [-0.2, -0.15) is 26.3 Å². The molecule has 3 saturated heterocycles. The molecular weight excluding hydrogens is 532 g/mol. The van der Waals surface area contributed by atoms with Crippen LogP contribution in [-0.4, -0.2) is 133 Å². The first-order chi connectivity index (χ1) is 17.5. The van der Waals surface area contributed by atoms with Gasteiger partial charge in [-0.3, -0.25) is 9.69 Å². The Morgan fingerprint density at radius 3 is 1.92 bits per heavy atom. The summed E-state index contributed by atoms with van der Waals surface area (Å²) in [7, 11) is 4.25. The van der Waals surface area contributed by atoms with Gasteiger partial charge in [-0.15, -0.1) is 0 Å². The van der Waals surface area contributed by atoms with Crippen molar-refractivity contribution in [3.05, 3.63) is 0 Å². The number of hydrogen-bond acceptors (Lipinski definition) is 7. The Morgan fingerprint density at radius 2 is 1.45 bits per heavy atom. The minimum atomic E-state index is -5.08. The molecular formula is C22H35F6N3O7. The van der Waals surface area contributed by atoms with Crippen molar-refractivity contribution in [2.45, 2.75) is 62.7 Å². The number of alkyl halides is 6. The average molecular weight is 568 g/mol. The van der Waals surface area contributed by atoms with Crippen LogP contribution < -0.4 is 0 Å². The monoisotopic (exact) mass is 567 g/mol. The van der Waals surface area contributed by atoms with E-state index >= 15 is 0 Å². The molecule has 3 aliphatic rings. The van der Waals surface area contributed by atoms with E-state index in [1.54, 1.807) is 0 Å². The summed E-state index contributed by atoms with van der Waals surface area (Å²) < 4.78 is 75.4. The Balaban J connectivity index is 0.000000426. The first kappa shape index (κ1) is 33.9. The average Bonchev–Trinajstić information content (AvgIpc) is 3.47. The van der Waals surface area contributed by atoms with Gasteiger partial charge >= 0.3 is 24.3 Å². The summed E-state index contributed by atoms with van der Waals surface area (Å²) in [5.41, 5.74) is 0. The molecule has 3 fully saturated rings. The van der Waals surface area contributed by atoms with Gasteiger partial charge in [0.25, 0.3) is 0 Å². The van der Waals surface area contributed by atoms with E-state index in [0.717, 1.165) is 58.4 Å². The third-order valence-electron chi connectivity index (χ3n) is 6.06. The summed E-state index contributed by atoms with van der Waals surface area (Å²) in [6.07, 6.45) is -4.05. The molecule has 38 heavy (non-hydrogen) atoms. The fraction of sp³-hybridized carbons (Fsp3) is 0.864. The van der Waals surface area contributed by atoms with Crippen molar-refractivity contribution < 1.29 is 60.4 Å². The number of halogens is 6. The minimum absolute atomic E-state index is 0.136. The molecule has 0 aromatic heterocycles. The SMILES string of the molecule is CN(C)CCN1CC[C@@H]2O[C@@H](COCC(=O)N3CCCC3)CC[C@@H]21.O=C(O)C(F)(F)F.O=C(O)C(F)(F)F. The lowest BCUT2D eigenvalue weighted by Gasteiger charge is -2.36. The topological polar surface area (TPSA) is 120 Å². The molecule has 222 valence electrons. The predicted octanol–water partition coefficient (Wildman–Crippen LogP) is 2.08. The van der Waals surface area contributed by atoms with E-state index in [0.29, 0.717) is 18.8 Å². The smallest absolute Gasteiger partial charge is 0.475 e. The maximum atomic E-state index is 12.0. The van der Waals surface area contributed by atoms with Crippen LogP contribution in [0.4, 0.5) is 26.3 Å². The van der Waals surface area contributed by atoms with Crippen molar-refractivity contribution in [2.75, 3.05) is 60.0 Å². The highest BCUT2D eigenvalue weighted by Gasteiger charge is 2.40. The number of aliphatic carboxylic acids is 2. The number of amides is 1. The summed E-state index contributed by atoms with van der Waals surface area (Å²) in [5, 5.41) is 14.2. The van der Waals surface area contributed by atoms with E-state index in [1.165, 1.54) is 6.42 Å². The summed E-state index contributed by atoms with van der Waals surface area (Å²) in [5.74, 6) is -5.38. The number of carbonyl (C=O) groups excluding carboxylic acids is 1. The van der Waals surface area contributed by atoms with Crippen molar-refractivity contribution in [1.29, 1.82) is 0 Å². The van der Waals surface area contributed by atoms with E-state index in [-0.39, 0.29) is 18.6 Å². The number of likely N-dealkylation sites (N-methyl/N-ethyl adjacent to an activating group) is 1. The van der Waals surface area contributed by atoms with Gasteiger partial charge in [0.2, 0.25) is 5.91 Å². The van der Waals surface area contributed by atoms with Gasteiger partial charge in [0, 0.05) is 38.8 Å². The molecule has 16 heteroatoms. The Bertz CT molecular complexity index is 737. The number of carbonyl (C=O) groups is 3. The number of hydrogen-bond donors (Lipinski definition) is 2. The largest absolute Gasteiger partial charge is 0.490 e. The first-order valence-corrected chi connectivity index (χ1v) is 12.0. The number of nitrogens with zero attached hydrogens (tertiary/aromatic N) is 3. The molecule has 2 N–H and O–H groups in total. The van der Waals surface area contributed by atoms with Crippen LogP contribution in [0.25, 0.3) is 0 Å². The van der Waals surface area contributed by atoms with E-state index in [2.05, 4.69) is 23.9 Å². The molecule has 0 aromatic rings. The summed E-state index contributed by atoms with van der Waals surface area (Å²) in [6.45, 7) is 5.94. The van der Waals surface area contributed by atoms with Gasteiger partial charge in [0.15, 0.2) is 0 Å². The van der Waals surface area contributed by atoms with Crippen molar-refractivity contribution in [3.63, 3.8) is 0 Å².